The summed E-state index contributed by atoms with van der Waals surface area (Å²) < 4.78 is 0. The first-order valence-corrected chi connectivity index (χ1v) is 5.94. The normalized spacial score (nSPS) is 31.1. The SMILES string of the molecule is CSCCNC1CCC(C)C1. The zero-order valence-corrected chi connectivity index (χ0v) is 8.41. The third-order valence-corrected chi connectivity index (χ3v) is 3.05. The molecule has 0 amide bonds. The molecular weight excluding hydrogens is 154 g/mol. The van der Waals surface area contributed by atoms with Gasteiger partial charge in [0.1, 0.15) is 0 Å². The third-order valence-electron chi connectivity index (χ3n) is 2.43. The van der Waals surface area contributed by atoms with Crippen molar-refractivity contribution in [3.8, 4) is 0 Å². The van der Waals surface area contributed by atoms with Crippen molar-refractivity contribution in [3.05, 3.63) is 0 Å². The fourth-order valence-electron chi connectivity index (χ4n) is 1.76. The fourth-order valence-corrected chi connectivity index (χ4v) is 2.08. The molecule has 1 fully saturated rings. The molecule has 0 aromatic rings. The van der Waals surface area contributed by atoms with Crippen LogP contribution >= 0.6 is 11.8 Å². The summed E-state index contributed by atoms with van der Waals surface area (Å²) in [7, 11) is 0. The van der Waals surface area contributed by atoms with E-state index < -0.39 is 0 Å². The maximum absolute atomic E-state index is 3.59. The molecule has 2 unspecified atom stereocenters. The molecule has 0 radical (unpaired) electrons. The van der Waals surface area contributed by atoms with Gasteiger partial charge in [-0.2, -0.15) is 11.8 Å². The number of nitrogens with one attached hydrogen (secondary N) is 1. The Morgan fingerprint density at radius 2 is 2.27 bits per heavy atom. The average molecular weight is 173 g/mol. The lowest BCUT2D eigenvalue weighted by atomic mass is 10.1. The molecule has 0 saturated heterocycles. The lowest BCUT2D eigenvalue weighted by Crippen LogP contribution is -2.28. The van der Waals surface area contributed by atoms with Gasteiger partial charge < -0.3 is 5.32 Å². The minimum atomic E-state index is 0.831. The lowest BCUT2D eigenvalue weighted by molar-refractivity contribution is 0.518. The molecule has 2 atom stereocenters. The molecule has 0 spiro atoms. The van der Waals surface area contributed by atoms with Crippen LogP contribution in [0.3, 0.4) is 0 Å². The van der Waals surface area contributed by atoms with Gasteiger partial charge in [-0.3, -0.25) is 0 Å². The van der Waals surface area contributed by atoms with Crippen molar-refractivity contribution in [1.29, 1.82) is 0 Å². The van der Waals surface area contributed by atoms with E-state index in [1.807, 2.05) is 11.8 Å². The Kier molecular flexibility index (Phi) is 4.31. The van der Waals surface area contributed by atoms with E-state index in [0.29, 0.717) is 0 Å². The standard InChI is InChI=1S/C9H19NS/c1-8-3-4-9(7-8)10-5-6-11-2/h8-10H,3-7H2,1-2H3. The van der Waals surface area contributed by atoms with E-state index in [1.165, 1.54) is 31.6 Å². The largest absolute Gasteiger partial charge is 0.313 e. The van der Waals surface area contributed by atoms with Crippen LogP contribution in [0.4, 0.5) is 0 Å². The highest BCUT2D eigenvalue weighted by Crippen LogP contribution is 2.24. The summed E-state index contributed by atoms with van der Waals surface area (Å²) in [5.41, 5.74) is 0. The van der Waals surface area contributed by atoms with Crippen LogP contribution in [0, 0.1) is 5.92 Å². The Morgan fingerprint density at radius 1 is 1.45 bits per heavy atom. The highest BCUT2D eigenvalue weighted by molar-refractivity contribution is 7.98. The molecule has 1 aliphatic carbocycles. The van der Waals surface area contributed by atoms with E-state index in [4.69, 9.17) is 0 Å². The van der Waals surface area contributed by atoms with Crippen LogP contribution in [0.25, 0.3) is 0 Å². The van der Waals surface area contributed by atoms with Crippen molar-refractivity contribution in [1.82, 2.24) is 5.32 Å². The Labute approximate surface area is 74.3 Å². The summed E-state index contributed by atoms with van der Waals surface area (Å²) in [6.07, 6.45) is 6.39. The summed E-state index contributed by atoms with van der Waals surface area (Å²) in [4.78, 5) is 0. The Balaban J connectivity index is 1.99. The molecule has 1 saturated carbocycles. The second-order valence-electron chi connectivity index (χ2n) is 3.56. The average Bonchev–Trinajstić information content (AvgIpc) is 2.37. The molecule has 2 heteroatoms. The monoisotopic (exact) mass is 173 g/mol. The van der Waals surface area contributed by atoms with Gasteiger partial charge in [0.15, 0.2) is 0 Å². The summed E-state index contributed by atoms with van der Waals surface area (Å²) in [5.74, 6) is 2.21. The molecule has 0 aromatic heterocycles. The number of hydrogen-bond acceptors (Lipinski definition) is 2. The topological polar surface area (TPSA) is 12.0 Å². The highest BCUT2D eigenvalue weighted by Gasteiger charge is 2.19. The van der Waals surface area contributed by atoms with Crippen LogP contribution in [0.5, 0.6) is 0 Å². The second-order valence-corrected chi connectivity index (χ2v) is 4.55. The maximum atomic E-state index is 3.59. The number of hydrogen-bond donors (Lipinski definition) is 1. The summed E-state index contributed by atoms with van der Waals surface area (Å²) >= 11 is 1.92. The van der Waals surface area contributed by atoms with Crippen molar-refractivity contribution < 1.29 is 0 Å². The van der Waals surface area contributed by atoms with Crippen LogP contribution in [-0.2, 0) is 0 Å². The lowest BCUT2D eigenvalue weighted by Gasteiger charge is -2.10. The van der Waals surface area contributed by atoms with Crippen LogP contribution in [0.15, 0.2) is 0 Å². The first kappa shape index (κ1) is 9.40. The van der Waals surface area contributed by atoms with E-state index in [-0.39, 0.29) is 0 Å². The van der Waals surface area contributed by atoms with Gasteiger partial charge in [0, 0.05) is 18.3 Å². The summed E-state index contributed by atoms with van der Waals surface area (Å²) in [6, 6.07) is 0.831. The Hall–Kier alpha value is 0.310. The number of rotatable bonds is 4. The predicted molar refractivity (Wildman–Crippen MR) is 53.2 cm³/mol. The third kappa shape index (κ3) is 3.48. The molecule has 66 valence electrons. The second kappa shape index (κ2) is 5.04. The van der Waals surface area contributed by atoms with Gasteiger partial charge >= 0.3 is 0 Å². The van der Waals surface area contributed by atoms with Crippen molar-refractivity contribution in [2.45, 2.75) is 32.2 Å². The first-order valence-electron chi connectivity index (χ1n) is 4.55. The van der Waals surface area contributed by atoms with Crippen LogP contribution < -0.4 is 5.32 Å². The minimum absolute atomic E-state index is 0.831. The molecule has 1 aliphatic rings. The fraction of sp³-hybridized carbons (Fsp3) is 1.00. The van der Waals surface area contributed by atoms with E-state index in [9.17, 15) is 0 Å². The zero-order chi connectivity index (χ0) is 8.10. The molecular formula is C9H19NS. The zero-order valence-electron chi connectivity index (χ0n) is 7.60. The molecule has 0 bridgehead atoms. The Bertz CT molecular complexity index is 106. The van der Waals surface area contributed by atoms with Crippen LogP contribution in [0.2, 0.25) is 0 Å². The van der Waals surface area contributed by atoms with Gasteiger partial charge in [0.25, 0.3) is 0 Å². The van der Waals surface area contributed by atoms with Crippen molar-refractivity contribution in [3.63, 3.8) is 0 Å². The highest BCUT2D eigenvalue weighted by atomic mass is 32.2. The van der Waals surface area contributed by atoms with Crippen LogP contribution in [0.1, 0.15) is 26.2 Å². The van der Waals surface area contributed by atoms with Crippen molar-refractivity contribution >= 4 is 11.8 Å². The van der Waals surface area contributed by atoms with Crippen molar-refractivity contribution in [2.24, 2.45) is 5.92 Å². The maximum Gasteiger partial charge on any atom is 0.00700 e. The summed E-state index contributed by atoms with van der Waals surface area (Å²) in [5, 5.41) is 3.59. The Morgan fingerprint density at radius 3 is 2.82 bits per heavy atom. The minimum Gasteiger partial charge on any atom is -0.313 e. The van der Waals surface area contributed by atoms with E-state index in [1.54, 1.807) is 0 Å². The van der Waals surface area contributed by atoms with E-state index in [0.717, 1.165) is 12.0 Å². The number of thioether (sulfide) groups is 1. The van der Waals surface area contributed by atoms with E-state index in [2.05, 4.69) is 18.5 Å². The van der Waals surface area contributed by atoms with Gasteiger partial charge in [-0.1, -0.05) is 6.92 Å². The molecule has 11 heavy (non-hydrogen) atoms. The quantitative estimate of drug-likeness (QED) is 0.654. The molecule has 1 rings (SSSR count). The molecule has 0 aromatic carbocycles. The van der Waals surface area contributed by atoms with Crippen LogP contribution in [-0.4, -0.2) is 24.6 Å². The van der Waals surface area contributed by atoms with Gasteiger partial charge in [-0.05, 0) is 31.4 Å². The first-order chi connectivity index (χ1) is 5.33. The smallest absolute Gasteiger partial charge is 0.00700 e. The van der Waals surface area contributed by atoms with Crippen molar-refractivity contribution in [2.75, 3.05) is 18.6 Å². The van der Waals surface area contributed by atoms with Gasteiger partial charge in [0.2, 0.25) is 0 Å². The molecule has 0 aliphatic heterocycles. The molecule has 1 N–H and O–H groups in total. The molecule has 1 nitrogen and oxygen atoms in total. The van der Waals surface area contributed by atoms with Gasteiger partial charge in [0.05, 0.1) is 0 Å². The van der Waals surface area contributed by atoms with Gasteiger partial charge in [-0.15, -0.1) is 0 Å². The molecule has 0 heterocycles. The summed E-state index contributed by atoms with van der Waals surface area (Å²) in [6.45, 7) is 3.55. The van der Waals surface area contributed by atoms with E-state index >= 15 is 0 Å². The van der Waals surface area contributed by atoms with Gasteiger partial charge in [-0.25, -0.2) is 0 Å². The predicted octanol–water partition coefficient (Wildman–Crippen LogP) is 2.13.